The van der Waals surface area contributed by atoms with Crippen LogP contribution in [0.25, 0.3) is 0 Å². The molecule has 0 aliphatic carbocycles. The summed E-state index contributed by atoms with van der Waals surface area (Å²) in [5.74, 6) is -2.41. The largest absolute Gasteiger partial charge is 0.475 e. The molecule has 2 rings (SSSR count). The molecule has 0 aromatic heterocycles. The first-order chi connectivity index (χ1) is 10.4. The minimum atomic E-state index is -1.60. The highest BCUT2D eigenvalue weighted by molar-refractivity contribution is 14.1. The summed E-state index contributed by atoms with van der Waals surface area (Å²) < 4.78 is 14.3. The van der Waals surface area contributed by atoms with Gasteiger partial charge in [-0.1, -0.05) is 0 Å². The number of benzene rings is 1. The Balaban J connectivity index is 1.96. The fourth-order valence-corrected chi connectivity index (χ4v) is 2.93. The highest BCUT2D eigenvalue weighted by Gasteiger charge is 2.36. The molecule has 1 saturated heterocycles. The van der Waals surface area contributed by atoms with Crippen molar-refractivity contribution in [1.29, 1.82) is 0 Å². The highest BCUT2D eigenvalue weighted by atomic mass is 127. The number of amides is 2. The molecule has 6 nitrogen and oxygen atoms in total. The quantitative estimate of drug-likeness (QED) is 0.479. The first-order valence-electron chi connectivity index (χ1n) is 6.79. The van der Waals surface area contributed by atoms with Gasteiger partial charge < -0.3 is 20.3 Å². The highest BCUT2D eigenvalue weighted by Crippen LogP contribution is 2.18. The van der Waals surface area contributed by atoms with Crippen molar-refractivity contribution >= 4 is 41.5 Å². The molecule has 1 aromatic rings. The molecule has 1 unspecified atom stereocenters. The molecule has 118 valence electrons. The summed E-state index contributed by atoms with van der Waals surface area (Å²) in [4.78, 5) is 25.3. The van der Waals surface area contributed by atoms with E-state index in [2.05, 4.69) is 5.32 Å². The van der Waals surface area contributed by atoms with Gasteiger partial charge in [-0.15, -0.1) is 0 Å². The predicted octanol–water partition coefficient (Wildman–Crippen LogP) is 0.163. The lowest BCUT2D eigenvalue weighted by molar-refractivity contribution is -0.130. The third-order valence-electron chi connectivity index (χ3n) is 3.54. The lowest BCUT2D eigenvalue weighted by Crippen LogP contribution is -2.49. The molecule has 0 saturated carbocycles. The van der Waals surface area contributed by atoms with Crippen molar-refractivity contribution < 1.29 is 24.0 Å². The second kappa shape index (κ2) is 7.38. The number of rotatable bonds is 4. The molecule has 1 fully saturated rings. The fraction of sp³-hybridized carbons (Fsp3) is 0.385. The van der Waals surface area contributed by atoms with E-state index in [-0.39, 0.29) is 12.1 Å². The first kappa shape index (κ1) is 17.2. The molecule has 1 heterocycles. The predicted molar refractivity (Wildman–Crippen MR) is 86.4 cm³/mol. The van der Waals surface area contributed by atoms with Crippen LogP contribution in [-0.2, 0) is 4.79 Å². The van der Waals surface area contributed by atoms with E-state index in [1.54, 1.807) is 0 Å². The van der Waals surface area contributed by atoms with E-state index in [4.69, 9.17) is 0 Å². The van der Waals surface area contributed by atoms with E-state index in [0.29, 0.717) is 23.0 Å². The molecule has 3 N–H and O–H groups in total. The molecule has 22 heavy (non-hydrogen) atoms. The standard InChI is InChI=1S/C13H15BFIN2O4/c15-10-4-3-8(16)6-9(10)13(20)17-7-12(19)18-5-1-2-11(18)14(21)22/h3-4,6,11,21-22H,1-2,5,7H2,(H,17,20). The Morgan fingerprint density at radius 3 is 2.86 bits per heavy atom. The van der Waals surface area contributed by atoms with Crippen LogP contribution < -0.4 is 5.32 Å². The maximum Gasteiger partial charge on any atom is 0.475 e. The molecular weight excluding hydrogens is 405 g/mol. The Hall–Kier alpha value is -1.20. The van der Waals surface area contributed by atoms with Crippen LogP contribution in [-0.4, -0.2) is 52.9 Å². The van der Waals surface area contributed by atoms with Gasteiger partial charge in [-0.25, -0.2) is 4.39 Å². The number of hydrogen-bond donors (Lipinski definition) is 3. The van der Waals surface area contributed by atoms with Gasteiger partial charge in [0.05, 0.1) is 18.0 Å². The van der Waals surface area contributed by atoms with Crippen LogP contribution in [0.2, 0.25) is 0 Å². The van der Waals surface area contributed by atoms with Gasteiger partial charge in [0.15, 0.2) is 0 Å². The molecule has 9 heteroatoms. The van der Waals surface area contributed by atoms with Gasteiger partial charge in [-0.05, 0) is 53.6 Å². The van der Waals surface area contributed by atoms with Crippen LogP contribution in [0.5, 0.6) is 0 Å². The van der Waals surface area contributed by atoms with Gasteiger partial charge in [0.25, 0.3) is 5.91 Å². The Bertz CT molecular complexity index is 587. The Morgan fingerprint density at radius 1 is 1.45 bits per heavy atom. The summed E-state index contributed by atoms with van der Waals surface area (Å²) in [6.45, 7) is 0.0988. The van der Waals surface area contributed by atoms with E-state index in [1.807, 2.05) is 22.6 Å². The average Bonchev–Trinajstić information content (AvgIpc) is 2.96. The van der Waals surface area contributed by atoms with Crippen molar-refractivity contribution in [3.05, 3.63) is 33.1 Å². The van der Waals surface area contributed by atoms with Crippen LogP contribution >= 0.6 is 22.6 Å². The van der Waals surface area contributed by atoms with E-state index in [9.17, 15) is 24.0 Å². The molecule has 1 atom stereocenters. The number of nitrogens with zero attached hydrogens (tertiary/aromatic N) is 1. The van der Waals surface area contributed by atoms with Crippen molar-refractivity contribution in [2.75, 3.05) is 13.1 Å². The van der Waals surface area contributed by atoms with E-state index < -0.39 is 30.7 Å². The zero-order valence-electron chi connectivity index (χ0n) is 11.6. The van der Waals surface area contributed by atoms with E-state index in [1.165, 1.54) is 23.1 Å². The van der Waals surface area contributed by atoms with Crippen molar-refractivity contribution in [3.63, 3.8) is 0 Å². The van der Waals surface area contributed by atoms with Gasteiger partial charge in [0, 0.05) is 10.1 Å². The van der Waals surface area contributed by atoms with Crippen molar-refractivity contribution in [1.82, 2.24) is 10.2 Å². The van der Waals surface area contributed by atoms with Gasteiger partial charge >= 0.3 is 7.12 Å². The van der Waals surface area contributed by atoms with Crippen LogP contribution in [0.4, 0.5) is 4.39 Å². The number of carbonyl (C=O) groups excluding carboxylic acids is 2. The van der Waals surface area contributed by atoms with Gasteiger partial charge in [0.1, 0.15) is 5.82 Å². The molecule has 0 bridgehead atoms. The second-order valence-electron chi connectivity index (χ2n) is 5.02. The summed E-state index contributed by atoms with van der Waals surface area (Å²) in [7, 11) is -1.60. The third-order valence-corrected chi connectivity index (χ3v) is 4.21. The number of likely N-dealkylation sites (tertiary alicyclic amines) is 1. The zero-order chi connectivity index (χ0) is 16.3. The molecule has 1 aromatic carbocycles. The minimum absolute atomic E-state index is 0.125. The van der Waals surface area contributed by atoms with Crippen LogP contribution in [0.15, 0.2) is 18.2 Å². The molecule has 2 amide bonds. The second-order valence-corrected chi connectivity index (χ2v) is 6.26. The average molecular weight is 420 g/mol. The Labute approximate surface area is 141 Å². The van der Waals surface area contributed by atoms with Crippen molar-refractivity contribution in [2.45, 2.75) is 18.8 Å². The molecule has 0 radical (unpaired) electrons. The van der Waals surface area contributed by atoms with Crippen LogP contribution in [0, 0.1) is 9.39 Å². The maximum atomic E-state index is 13.6. The third kappa shape index (κ3) is 3.96. The first-order valence-corrected chi connectivity index (χ1v) is 7.87. The smallest absolute Gasteiger partial charge is 0.426 e. The zero-order valence-corrected chi connectivity index (χ0v) is 13.8. The molecule has 1 aliphatic rings. The van der Waals surface area contributed by atoms with Crippen LogP contribution in [0.3, 0.4) is 0 Å². The fourth-order valence-electron chi connectivity index (χ4n) is 2.44. The number of hydrogen-bond acceptors (Lipinski definition) is 4. The van der Waals surface area contributed by atoms with E-state index >= 15 is 0 Å². The number of nitrogens with one attached hydrogen (secondary N) is 1. The lowest BCUT2D eigenvalue weighted by atomic mass is 9.78. The van der Waals surface area contributed by atoms with Crippen molar-refractivity contribution in [2.24, 2.45) is 0 Å². The summed E-state index contributed by atoms with van der Waals surface area (Å²) in [6, 6.07) is 4.12. The van der Waals surface area contributed by atoms with E-state index in [0.717, 1.165) is 0 Å². The topological polar surface area (TPSA) is 89.9 Å². The maximum absolute atomic E-state index is 13.6. The Morgan fingerprint density at radius 2 is 2.18 bits per heavy atom. The molecule has 1 aliphatic heterocycles. The number of halogens is 2. The monoisotopic (exact) mass is 420 g/mol. The lowest BCUT2D eigenvalue weighted by Gasteiger charge is -2.24. The van der Waals surface area contributed by atoms with Gasteiger partial charge in [-0.3, -0.25) is 9.59 Å². The summed E-state index contributed by atoms with van der Waals surface area (Å²) in [6.07, 6.45) is 1.18. The Kier molecular flexibility index (Phi) is 5.76. The van der Waals surface area contributed by atoms with Crippen molar-refractivity contribution in [3.8, 4) is 0 Å². The summed E-state index contributed by atoms with van der Waals surface area (Å²) >= 11 is 1.96. The normalized spacial score (nSPS) is 17.5. The van der Waals surface area contributed by atoms with Gasteiger partial charge in [-0.2, -0.15) is 0 Å². The number of carbonyl (C=O) groups is 2. The SMILES string of the molecule is O=C(NCC(=O)N1CCCC1B(O)O)c1cc(I)ccc1F. The molecule has 0 spiro atoms. The summed E-state index contributed by atoms with van der Waals surface area (Å²) in [5, 5.41) is 20.8. The van der Waals surface area contributed by atoms with Gasteiger partial charge in [0.2, 0.25) is 5.91 Å². The minimum Gasteiger partial charge on any atom is -0.426 e. The summed E-state index contributed by atoms with van der Waals surface area (Å²) in [5.41, 5.74) is -0.125. The molecular formula is C13H15BFIN2O4. The van der Waals surface area contributed by atoms with Crippen LogP contribution in [0.1, 0.15) is 23.2 Å².